The monoisotopic (exact) mass is 257 g/mol. The first-order chi connectivity index (χ1) is 7.98. The zero-order valence-corrected chi connectivity index (χ0v) is 9.94. The number of nitrogens with one attached hydrogen (secondary N) is 2. The molecule has 0 unspecified atom stereocenters. The van der Waals surface area contributed by atoms with Gasteiger partial charge >= 0.3 is 0 Å². The van der Waals surface area contributed by atoms with Crippen molar-refractivity contribution in [3.05, 3.63) is 29.6 Å². The Hall–Kier alpha value is -1.62. The molecule has 0 saturated carbocycles. The van der Waals surface area contributed by atoms with Gasteiger partial charge in [0.05, 0.1) is 17.8 Å². The summed E-state index contributed by atoms with van der Waals surface area (Å²) in [7, 11) is -2.35. The van der Waals surface area contributed by atoms with Gasteiger partial charge < -0.3 is 5.73 Å². The molecule has 0 saturated heterocycles. The number of hydrogen-bond donors (Lipinski definition) is 3. The maximum Gasteiger partial charge on any atom is 0.298 e. The first kappa shape index (κ1) is 13.4. The molecule has 92 valence electrons. The highest BCUT2D eigenvalue weighted by Crippen LogP contribution is 2.14. The van der Waals surface area contributed by atoms with Crippen molar-refractivity contribution in [2.24, 2.45) is 5.73 Å². The second-order valence-corrected chi connectivity index (χ2v) is 4.63. The van der Waals surface area contributed by atoms with Gasteiger partial charge in [-0.2, -0.15) is 8.42 Å². The summed E-state index contributed by atoms with van der Waals surface area (Å²) >= 11 is 0. The number of rotatable bonds is 3. The quantitative estimate of drug-likeness (QED) is 0.667. The number of benzene rings is 1. The van der Waals surface area contributed by atoms with Crippen molar-refractivity contribution in [3.8, 4) is 11.8 Å². The van der Waals surface area contributed by atoms with Crippen LogP contribution in [0.15, 0.2) is 18.2 Å². The molecule has 0 aromatic heterocycles. The Bertz CT molecular complexity index is 561. The molecule has 0 aliphatic rings. The number of halogens is 1. The lowest BCUT2D eigenvalue weighted by molar-refractivity contribution is 0.593. The summed E-state index contributed by atoms with van der Waals surface area (Å²) in [5.41, 5.74) is 5.48. The molecule has 0 aliphatic heterocycles. The minimum atomic E-state index is -3.62. The third-order valence-electron chi connectivity index (χ3n) is 1.81. The molecular formula is C10H12FN3O2S. The smallest absolute Gasteiger partial charge is 0.298 e. The fourth-order valence-corrected chi connectivity index (χ4v) is 1.58. The van der Waals surface area contributed by atoms with Crippen LogP contribution in [0.1, 0.15) is 5.56 Å². The topological polar surface area (TPSA) is 84.2 Å². The van der Waals surface area contributed by atoms with Crippen LogP contribution in [0.25, 0.3) is 0 Å². The Balaban J connectivity index is 3.05. The molecule has 0 spiro atoms. The zero-order chi connectivity index (χ0) is 12.9. The maximum absolute atomic E-state index is 13.3. The Labute approximate surface area is 99.4 Å². The van der Waals surface area contributed by atoms with Crippen molar-refractivity contribution in [2.45, 2.75) is 0 Å². The number of hydrogen-bond acceptors (Lipinski definition) is 3. The van der Waals surface area contributed by atoms with Crippen LogP contribution < -0.4 is 15.2 Å². The van der Waals surface area contributed by atoms with E-state index in [1.54, 1.807) is 0 Å². The van der Waals surface area contributed by atoms with Gasteiger partial charge in [-0.15, -0.1) is 0 Å². The molecule has 0 radical (unpaired) electrons. The van der Waals surface area contributed by atoms with E-state index in [1.807, 2.05) is 0 Å². The van der Waals surface area contributed by atoms with Gasteiger partial charge in [-0.25, -0.2) is 9.11 Å². The van der Waals surface area contributed by atoms with Gasteiger partial charge in [0.25, 0.3) is 10.2 Å². The van der Waals surface area contributed by atoms with Crippen LogP contribution in [0.5, 0.6) is 0 Å². The van der Waals surface area contributed by atoms with E-state index in [4.69, 9.17) is 5.73 Å². The summed E-state index contributed by atoms with van der Waals surface area (Å²) in [6, 6.07) is 3.73. The third-order valence-corrected chi connectivity index (χ3v) is 2.85. The first-order valence-electron chi connectivity index (χ1n) is 4.68. The highest BCUT2D eigenvalue weighted by molar-refractivity contribution is 7.90. The lowest BCUT2D eigenvalue weighted by Gasteiger charge is -2.06. The van der Waals surface area contributed by atoms with Crippen molar-refractivity contribution < 1.29 is 12.8 Å². The average Bonchev–Trinajstić information content (AvgIpc) is 2.29. The fourth-order valence-electron chi connectivity index (χ4n) is 1.04. The third kappa shape index (κ3) is 4.03. The Morgan fingerprint density at radius 2 is 2.18 bits per heavy atom. The molecule has 0 heterocycles. The van der Waals surface area contributed by atoms with Gasteiger partial charge in [-0.3, -0.25) is 4.72 Å². The summed E-state index contributed by atoms with van der Waals surface area (Å²) in [6.07, 6.45) is 0. The Morgan fingerprint density at radius 1 is 1.47 bits per heavy atom. The van der Waals surface area contributed by atoms with E-state index in [-0.39, 0.29) is 17.8 Å². The van der Waals surface area contributed by atoms with E-state index in [9.17, 15) is 12.8 Å². The first-order valence-corrected chi connectivity index (χ1v) is 6.16. The van der Waals surface area contributed by atoms with Gasteiger partial charge in [0.1, 0.15) is 5.82 Å². The van der Waals surface area contributed by atoms with Gasteiger partial charge in [-0.05, 0) is 18.2 Å². The molecule has 1 aromatic rings. The van der Waals surface area contributed by atoms with Crippen LogP contribution in [0.3, 0.4) is 0 Å². The van der Waals surface area contributed by atoms with E-state index in [0.29, 0.717) is 0 Å². The van der Waals surface area contributed by atoms with Crippen molar-refractivity contribution in [1.82, 2.24) is 4.72 Å². The van der Waals surface area contributed by atoms with Crippen molar-refractivity contribution in [2.75, 3.05) is 18.3 Å². The molecule has 4 N–H and O–H groups in total. The fraction of sp³-hybridized carbons (Fsp3) is 0.200. The van der Waals surface area contributed by atoms with Crippen LogP contribution >= 0.6 is 0 Å². The van der Waals surface area contributed by atoms with Crippen LogP contribution in [-0.2, 0) is 10.2 Å². The second-order valence-electron chi connectivity index (χ2n) is 3.01. The molecule has 0 atom stereocenters. The van der Waals surface area contributed by atoms with Crippen molar-refractivity contribution in [1.29, 1.82) is 0 Å². The molecule has 7 heteroatoms. The highest BCUT2D eigenvalue weighted by Gasteiger charge is 2.08. The lowest BCUT2D eigenvalue weighted by atomic mass is 10.2. The summed E-state index contributed by atoms with van der Waals surface area (Å²) in [5, 5.41) is 0. The van der Waals surface area contributed by atoms with E-state index in [2.05, 4.69) is 21.3 Å². The Morgan fingerprint density at radius 3 is 2.76 bits per heavy atom. The van der Waals surface area contributed by atoms with Gasteiger partial charge in [-0.1, -0.05) is 11.8 Å². The van der Waals surface area contributed by atoms with Crippen LogP contribution in [0.2, 0.25) is 0 Å². The lowest BCUT2D eigenvalue weighted by Crippen LogP contribution is -2.26. The largest absolute Gasteiger partial charge is 0.320 e. The predicted molar refractivity (Wildman–Crippen MR) is 63.9 cm³/mol. The van der Waals surface area contributed by atoms with Gasteiger partial charge in [0, 0.05) is 7.05 Å². The summed E-state index contributed by atoms with van der Waals surface area (Å²) in [4.78, 5) is 0. The number of anilines is 1. The molecule has 1 rings (SSSR count). The average molecular weight is 257 g/mol. The van der Waals surface area contributed by atoms with E-state index >= 15 is 0 Å². The normalized spacial score (nSPS) is 10.5. The molecule has 0 bridgehead atoms. The predicted octanol–water partition coefficient (Wildman–Crippen LogP) is 0.0120. The van der Waals surface area contributed by atoms with E-state index in [1.165, 1.54) is 19.2 Å². The van der Waals surface area contributed by atoms with Gasteiger partial charge in [0.2, 0.25) is 0 Å². The molecule has 0 amide bonds. The second kappa shape index (κ2) is 5.63. The molecule has 17 heavy (non-hydrogen) atoms. The standard InChI is InChI=1S/C10H12FN3O2S/c1-13-17(15,16)14-9-4-5-10(11)8(7-9)3-2-6-12/h4-5,7,13-14H,6,12H2,1H3. The van der Waals surface area contributed by atoms with Crippen LogP contribution in [0, 0.1) is 17.7 Å². The summed E-state index contributed by atoms with van der Waals surface area (Å²) in [5.74, 6) is 4.48. The molecule has 5 nitrogen and oxygen atoms in total. The molecular weight excluding hydrogens is 245 g/mol. The minimum absolute atomic E-state index is 0.0896. The number of nitrogens with two attached hydrogens (primary N) is 1. The minimum Gasteiger partial charge on any atom is -0.320 e. The SMILES string of the molecule is CNS(=O)(=O)Nc1ccc(F)c(C#CCN)c1. The Kier molecular flexibility index (Phi) is 4.45. The molecule has 1 aromatic carbocycles. The van der Waals surface area contributed by atoms with Gasteiger partial charge in [0.15, 0.2) is 0 Å². The molecule has 0 aliphatic carbocycles. The van der Waals surface area contributed by atoms with Crippen LogP contribution in [-0.4, -0.2) is 22.0 Å². The van der Waals surface area contributed by atoms with Crippen LogP contribution in [0.4, 0.5) is 10.1 Å². The van der Waals surface area contributed by atoms with Crippen molar-refractivity contribution >= 4 is 15.9 Å². The zero-order valence-electron chi connectivity index (χ0n) is 9.12. The molecule has 0 fully saturated rings. The van der Waals surface area contributed by atoms with E-state index in [0.717, 1.165) is 6.07 Å². The highest BCUT2D eigenvalue weighted by atomic mass is 32.2. The van der Waals surface area contributed by atoms with E-state index < -0.39 is 16.0 Å². The maximum atomic E-state index is 13.3. The van der Waals surface area contributed by atoms with Crippen molar-refractivity contribution in [3.63, 3.8) is 0 Å². The summed E-state index contributed by atoms with van der Waals surface area (Å²) in [6.45, 7) is 0.103. The summed E-state index contributed by atoms with van der Waals surface area (Å²) < 4.78 is 40.0.